The van der Waals surface area contributed by atoms with Crippen LogP contribution in [-0.2, 0) is 31.3 Å². The SMILES string of the molecule is CC(=O)CC(C)=O.CN.[Ti]. The van der Waals surface area contributed by atoms with Crippen molar-refractivity contribution in [2.75, 3.05) is 7.05 Å². The molecule has 0 aliphatic heterocycles. The standard InChI is InChI=1S/C5H8O2.CH5N.Ti/c1-4(6)3-5(2)7;1-2;/h3H2,1-2H3;2H2,1H3;. The summed E-state index contributed by atoms with van der Waals surface area (Å²) in [5.41, 5.74) is 4.50. The van der Waals surface area contributed by atoms with Crippen molar-refractivity contribution in [2.24, 2.45) is 5.73 Å². The summed E-state index contributed by atoms with van der Waals surface area (Å²) < 4.78 is 0. The third-order valence-electron chi connectivity index (χ3n) is 0.498. The van der Waals surface area contributed by atoms with Crippen molar-refractivity contribution in [3.8, 4) is 0 Å². The molecule has 0 amide bonds. The monoisotopic (exact) mass is 179 g/mol. The van der Waals surface area contributed by atoms with Crippen molar-refractivity contribution >= 4 is 11.6 Å². The summed E-state index contributed by atoms with van der Waals surface area (Å²) in [4.78, 5) is 20.1. The quantitative estimate of drug-likeness (QED) is 0.484. The second-order valence-corrected chi connectivity index (χ2v) is 1.58. The number of Topliss-reactive ketones (excluding diaryl/α,β-unsaturated/α-hetero) is 2. The maximum atomic E-state index is 10.0. The van der Waals surface area contributed by atoms with E-state index in [9.17, 15) is 9.59 Å². The van der Waals surface area contributed by atoms with Gasteiger partial charge in [0.25, 0.3) is 0 Å². The van der Waals surface area contributed by atoms with Crippen LogP contribution in [0.3, 0.4) is 0 Å². The van der Waals surface area contributed by atoms with Gasteiger partial charge in [0, 0.05) is 21.7 Å². The minimum Gasteiger partial charge on any atom is -0.333 e. The van der Waals surface area contributed by atoms with Crippen LogP contribution in [0.4, 0.5) is 0 Å². The molecule has 0 bridgehead atoms. The van der Waals surface area contributed by atoms with Gasteiger partial charge in [-0.2, -0.15) is 0 Å². The normalized spacial score (nSPS) is 6.40. The fraction of sp³-hybridized carbons (Fsp3) is 0.667. The molecule has 10 heavy (non-hydrogen) atoms. The van der Waals surface area contributed by atoms with Gasteiger partial charge >= 0.3 is 0 Å². The van der Waals surface area contributed by atoms with Crippen LogP contribution in [0.1, 0.15) is 20.3 Å². The molecule has 0 rings (SSSR count). The number of nitrogens with two attached hydrogens (primary N) is 1. The molecule has 0 aliphatic rings. The van der Waals surface area contributed by atoms with Crippen LogP contribution in [0.15, 0.2) is 0 Å². The summed E-state index contributed by atoms with van der Waals surface area (Å²) in [7, 11) is 1.50. The molecule has 0 aromatic rings. The topological polar surface area (TPSA) is 60.2 Å². The first-order valence-electron chi connectivity index (χ1n) is 2.69. The Hall–Kier alpha value is 0.0143. The first-order chi connectivity index (χ1) is 4.13. The maximum Gasteiger partial charge on any atom is 0.137 e. The van der Waals surface area contributed by atoms with Crippen molar-refractivity contribution in [3.05, 3.63) is 0 Å². The number of rotatable bonds is 2. The van der Waals surface area contributed by atoms with Crippen molar-refractivity contribution in [3.63, 3.8) is 0 Å². The summed E-state index contributed by atoms with van der Waals surface area (Å²) in [6.07, 6.45) is 0.0833. The Balaban J connectivity index is -0.000000149. The van der Waals surface area contributed by atoms with Crippen molar-refractivity contribution in [1.29, 1.82) is 0 Å². The van der Waals surface area contributed by atoms with E-state index in [0.717, 1.165) is 0 Å². The molecule has 0 atom stereocenters. The molecule has 0 heterocycles. The van der Waals surface area contributed by atoms with Crippen molar-refractivity contribution in [2.45, 2.75) is 20.3 Å². The van der Waals surface area contributed by atoms with Crippen LogP contribution in [-0.4, -0.2) is 18.6 Å². The van der Waals surface area contributed by atoms with E-state index >= 15 is 0 Å². The number of hydrogen-bond donors (Lipinski definition) is 1. The molecule has 0 unspecified atom stereocenters. The number of hydrogen-bond acceptors (Lipinski definition) is 3. The Bertz CT molecular complexity index is 91.9. The average molecular weight is 179 g/mol. The van der Waals surface area contributed by atoms with Gasteiger partial charge in [0.15, 0.2) is 0 Å². The minimum absolute atomic E-state index is 0. The predicted octanol–water partition coefficient (Wildman–Crippen LogP) is 0.127. The third kappa shape index (κ3) is 24.5. The van der Waals surface area contributed by atoms with Crippen molar-refractivity contribution in [1.82, 2.24) is 0 Å². The molecular weight excluding hydrogens is 166 g/mol. The largest absolute Gasteiger partial charge is 0.333 e. The predicted molar refractivity (Wildman–Crippen MR) is 36.1 cm³/mol. The van der Waals surface area contributed by atoms with Crippen LogP contribution in [0, 0.1) is 0 Å². The van der Waals surface area contributed by atoms with E-state index < -0.39 is 0 Å². The van der Waals surface area contributed by atoms with Crippen molar-refractivity contribution < 1.29 is 31.3 Å². The molecule has 0 aliphatic carbocycles. The third-order valence-corrected chi connectivity index (χ3v) is 0.498. The van der Waals surface area contributed by atoms with Crippen LogP contribution >= 0.6 is 0 Å². The van der Waals surface area contributed by atoms with Gasteiger partial charge in [-0.3, -0.25) is 9.59 Å². The fourth-order valence-electron chi connectivity index (χ4n) is 0.351. The molecular formula is C6H13NO2Ti. The van der Waals surface area contributed by atoms with Crippen LogP contribution in [0.25, 0.3) is 0 Å². The Morgan fingerprint density at radius 1 is 1.10 bits per heavy atom. The minimum atomic E-state index is -0.0625. The second kappa shape index (κ2) is 11.8. The van der Waals surface area contributed by atoms with E-state index in [0.29, 0.717) is 0 Å². The second-order valence-electron chi connectivity index (χ2n) is 1.58. The molecule has 0 saturated carbocycles. The number of carbonyl (C=O) groups is 2. The molecule has 4 heteroatoms. The Morgan fingerprint density at radius 3 is 1.30 bits per heavy atom. The first-order valence-corrected chi connectivity index (χ1v) is 2.69. The summed E-state index contributed by atoms with van der Waals surface area (Å²) in [5.74, 6) is -0.125. The van der Waals surface area contributed by atoms with Gasteiger partial charge in [-0.25, -0.2) is 0 Å². The zero-order valence-electron chi connectivity index (χ0n) is 6.60. The van der Waals surface area contributed by atoms with Gasteiger partial charge in [-0.05, 0) is 20.9 Å². The van der Waals surface area contributed by atoms with E-state index in [-0.39, 0.29) is 39.7 Å². The zero-order valence-corrected chi connectivity index (χ0v) is 8.16. The molecule has 0 radical (unpaired) electrons. The van der Waals surface area contributed by atoms with Gasteiger partial charge < -0.3 is 5.73 Å². The molecule has 0 saturated heterocycles. The van der Waals surface area contributed by atoms with E-state index in [1.807, 2.05) is 0 Å². The molecule has 0 fully saturated rings. The molecule has 3 nitrogen and oxygen atoms in total. The number of carbonyl (C=O) groups excluding carboxylic acids is 2. The summed E-state index contributed by atoms with van der Waals surface area (Å²) in [6, 6.07) is 0. The summed E-state index contributed by atoms with van der Waals surface area (Å²) in [5, 5.41) is 0. The van der Waals surface area contributed by atoms with Gasteiger partial charge in [0.05, 0.1) is 6.42 Å². The Morgan fingerprint density at radius 2 is 1.30 bits per heavy atom. The van der Waals surface area contributed by atoms with E-state index in [1.165, 1.54) is 20.9 Å². The smallest absolute Gasteiger partial charge is 0.137 e. The van der Waals surface area contributed by atoms with Crippen LogP contribution in [0.5, 0.6) is 0 Å². The van der Waals surface area contributed by atoms with E-state index in [1.54, 1.807) is 0 Å². The summed E-state index contributed by atoms with van der Waals surface area (Å²) in [6.45, 7) is 2.81. The fourth-order valence-corrected chi connectivity index (χ4v) is 0.351. The molecule has 0 aromatic carbocycles. The average Bonchev–Trinajstić information content (AvgIpc) is 1.68. The zero-order chi connectivity index (χ0) is 7.86. The van der Waals surface area contributed by atoms with Gasteiger partial charge in [0.1, 0.15) is 11.6 Å². The van der Waals surface area contributed by atoms with Gasteiger partial charge in [0.2, 0.25) is 0 Å². The van der Waals surface area contributed by atoms with Crippen LogP contribution < -0.4 is 5.73 Å². The molecule has 0 aromatic heterocycles. The van der Waals surface area contributed by atoms with Crippen LogP contribution in [0.2, 0.25) is 0 Å². The maximum absolute atomic E-state index is 10.0. The van der Waals surface area contributed by atoms with Gasteiger partial charge in [-0.15, -0.1) is 0 Å². The molecule has 0 spiro atoms. The Kier molecular flexibility index (Phi) is 19.5. The molecule has 58 valence electrons. The first kappa shape index (κ1) is 16.5. The number of ketones is 2. The van der Waals surface area contributed by atoms with Gasteiger partial charge in [-0.1, -0.05) is 0 Å². The van der Waals surface area contributed by atoms with E-state index in [4.69, 9.17) is 0 Å². The Labute approximate surface area is 76.2 Å². The molecule has 2 N–H and O–H groups in total. The van der Waals surface area contributed by atoms with E-state index in [2.05, 4.69) is 5.73 Å². The summed E-state index contributed by atoms with van der Waals surface area (Å²) >= 11 is 0.